The summed E-state index contributed by atoms with van der Waals surface area (Å²) in [7, 11) is 0. The predicted octanol–water partition coefficient (Wildman–Crippen LogP) is 7.80. The minimum atomic E-state index is -0.933. The minimum absolute atomic E-state index is 0.188. The number of para-hydroxylation sites is 1. The molecular formula is C24H19ClF2O. The molecule has 0 amide bonds. The number of allylic oxidation sites excluding steroid dienone is 3. The van der Waals surface area contributed by atoms with Gasteiger partial charge in [-0.25, -0.2) is 8.78 Å². The summed E-state index contributed by atoms with van der Waals surface area (Å²) in [5, 5.41) is 0.369. The van der Waals surface area contributed by atoms with Crippen LogP contribution in [0.25, 0.3) is 0 Å². The Kier molecular flexibility index (Phi) is 6.62. The molecule has 0 bridgehead atoms. The van der Waals surface area contributed by atoms with Crippen LogP contribution < -0.4 is 4.74 Å². The summed E-state index contributed by atoms with van der Waals surface area (Å²) < 4.78 is 35.2. The first kappa shape index (κ1) is 19.8. The third-order valence-electron chi connectivity index (χ3n) is 4.24. The van der Waals surface area contributed by atoms with Crippen molar-refractivity contribution < 1.29 is 13.5 Å². The first-order chi connectivity index (χ1) is 13.6. The van der Waals surface area contributed by atoms with Crippen molar-refractivity contribution >= 4 is 11.6 Å². The van der Waals surface area contributed by atoms with E-state index in [2.05, 4.69) is 6.58 Å². The molecule has 28 heavy (non-hydrogen) atoms. The van der Waals surface area contributed by atoms with E-state index in [1.807, 2.05) is 30.3 Å². The number of rotatable bonds is 7. The van der Waals surface area contributed by atoms with Gasteiger partial charge in [-0.1, -0.05) is 66.2 Å². The molecule has 0 aliphatic rings. The van der Waals surface area contributed by atoms with Crippen molar-refractivity contribution in [2.45, 2.75) is 12.3 Å². The summed E-state index contributed by atoms with van der Waals surface area (Å²) in [5.41, 5.74) is 1.08. The first-order valence-corrected chi connectivity index (χ1v) is 9.19. The van der Waals surface area contributed by atoms with Gasteiger partial charge in [-0.15, -0.1) is 6.58 Å². The van der Waals surface area contributed by atoms with Gasteiger partial charge in [-0.05, 0) is 41.5 Å². The van der Waals surface area contributed by atoms with Crippen LogP contribution in [-0.2, 0) is 6.42 Å². The zero-order valence-corrected chi connectivity index (χ0v) is 15.9. The van der Waals surface area contributed by atoms with Crippen LogP contribution in [0.3, 0.4) is 0 Å². The van der Waals surface area contributed by atoms with E-state index in [9.17, 15) is 8.78 Å². The monoisotopic (exact) mass is 396 g/mol. The molecule has 0 aliphatic heterocycles. The quantitative estimate of drug-likeness (QED) is 0.370. The van der Waals surface area contributed by atoms with Crippen LogP contribution in [0.15, 0.2) is 103 Å². The highest BCUT2D eigenvalue weighted by atomic mass is 35.5. The second-order valence-electron chi connectivity index (χ2n) is 6.23. The molecule has 3 rings (SSSR count). The van der Waals surface area contributed by atoms with Gasteiger partial charge in [0, 0.05) is 11.4 Å². The van der Waals surface area contributed by atoms with Crippen LogP contribution in [0.1, 0.15) is 17.0 Å². The molecule has 1 atom stereocenters. The van der Waals surface area contributed by atoms with Crippen molar-refractivity contribution in [2.75, 3.05) is 0 Å². The van der Waals surface area contributed by atoms with Gasteiger partial charge in [-0.2, -0.15) is 0 Å². The van der Waals surface area contributed by atoms with Gasteiger partial charge in [0.05, 0.1) is 5.92 Å². The standard InChI is InChI=1S/C24H19ClF2O/c1-2-20(21-13-6-7-14-22(21)25)24(27)23(26)16-17-9-8-12-19(15-17)28-18-10-4-3-5-11-18/h2-15,20H,1,16H2/b24-23+. The van der Waals surface area contributed by atoms with E-state index in [4.69, 9.17) is 16.3 Å². The van der Waals surface area contributed by atoms with Gasteiger partial charge in [-0.3, -0.25) is 0 Å². The van der Waals surface area contributed by atoms with Crippen molar-refractivity contribution in [3.8, 4) is 11.5 Å². The fourth-order valence-corrected chi connectivity index (χ4v) is 3.12. The lowest BCUT2D eigenvalue weighted by Gasteiger charge is -2.14. The zero-order valence-electron chi connectivity index (χ0n) is 15.1. The van der Waals surface area contributed by atoms with E-state index >= 15 is 0 Å². The van der Waals surface area contributed by atoms with Crippen molar-refractivity contribution in [1.82, 2.24) is 0 Å². The van der Waals surface area contributed by atoms with Crippen LogP contribution in [0, 0.1) is 0 Å². The summed E-state index contributed by atoms with van der Waals surface area (Å²) in [5.74, 6) is -1.45. The molecule has 0 saturated carbocycles. The molecule has 3 aromatic rings. The molecule has 1 nitrogen and oxygen atoms in total. The molecule has 1 unspecified atom stereocenters. The Hall–Kier alpha value is -2.91. The number of hydrogen-bond donors (Lipinski definition) is 0. The molecule has 142 valence electrons. The molecule has 0 heterocycles. The molecule has 0 N–H and O–H groups in total. The maximum atomic E-state index is 14.8. The third kappa shape index (κ3) is 4.87. The van der Waals surface area contributed by atoms with Crippen molar-refractivity contribution in [2.24, 2.45) is 0 Å². The van der Waals surface area contributed by atoms with Crippen LogP contribution in [0.4, 0.5) is 8.78 Å². The van der Waals surface area contributed by atoms with Gasteiger partial charge >= 0.3 is 0 Å². The molecule has 4 heteroatoms. The highest BCUT2D eigenvalue weighted by Crippen LogP contribution is 2.35. The first-order valence-electron chi connectivity index (χ1n) is 8.81. The van der Waals surface area contributed by atoms with Gasteiger partial charge in [0.2, 0.25) is 0 Å². The SMILES string of the molecule is C=CC(/C(F)=C(\F)Cc1cccc(Oc2ccccc2)c1)c1ccccc1Cl. The van der Waals surface area contributed by atoms with E-state index in [1.165, 1.54) is 6.08 Å². The van der Waals surface area contributed by atoms with Crippen molar-refractivity contribution in [3.63, 3.8) is 0 Å². The van der Waals surface area contributed by atoms with E-state index in [0.717, 1.165) is 0 Å². The molecule has 0 spiro atoms. The number of halogens is 3. The molecule has 0 fully saturated rings. The lowest BCUT2D eigenvalue weighted by molar-refractivity contribution is 0.479. The Morgan fingerprint density at radius 1 is 0.929 bits per heavy atom. The summed E-state index contributed by atoms with van der Waals surface area (Å²) in [6.07, 6.45) is 1.16. The molecule has 0 aliphatic carbocycles. The third-order valence-corrected chi connectivity index (χ3v) is 4.59. The van der Waals surface area contributed by atoms with E-state index in [1.54, 1.807) is 48.5 Å². The second-order valence-corrected chi connectivity index (χ2v) is 6.63. The smallest absolute Gasteiger partial charge is 0.143 e. The lowest BCUT2D eigenvalue weighted by atomic mass is 9.96. The topological polar surface area (TPSA) is 9.23 Å². The van der Waals surface area contributed by atoms with Crippen LogP contribution in [-0.4, -0.2) is 0 Å². The maximum Gasteiger partial charge on any atom is 0.143 e. The second kappa shape index (κ2) is 9.34. The van der Waals surface area contributed by atoms with Gasteiger partial charge in [0.15, 0.2) is 0 Å². The summed E-state index contributed by atoms with van der Waals surface area (Å²) >= 11 is 6.13. The van der Waals surface area contributed by atoms with Gasteiger partial charge < -0.3 is 4.74 Å². The van der Waals surface area contributed by atoms with Gasteiger partial charge in [0.25, 0.3) is 0 Å². The van der Waals surface area contributed by atoms with E-state index in [-0.39, 0.29) is 6.42 Å². The normalized spacial score (nSPS) is 12.8. The Labute approximate surface area is 168 Å². The van der Waals surface area contributed by atoms with Crippen molar-refractivity contribution in [3.05, 3.63) is 119 Å². The lowest BCUT2D eigenvalue weighted by Crippen LogP contribution is -2.00. The number of ether oxygens (including phenoxy) is 1. The van der Waals surface area contributed by atoms with Crippen LogP contribution in [0.2, 0.25) is 5.02 Å². The maximum absolute atomic E-state index is 14.8. The fraction of sp³-hybridized carbons (Fsp3) is 0.0833. The minimum Gasteiger partial charge on any atom is -0.457 e. The predicted molar refractivity (Wildman–Crippen MR) is 110 cm³/mol. The fourth-order valence-electron chi connectivity index (χ4n) is 2.87. The van der Waals surface area contributed by atoms with Crippen LogP contribution >= 0.6 is 11.6 Å². The average molecular weight is 397 g/mol. The summed E-state index contributed by atoms with van der Waals surface area (Å²) in [6.45, 7) is 3.63. The van der Waals surface area contributed by atoms with Crippen LogP contribution in [0.5, 0.6) is 11.5 Å². The average Bonchev–Trinajstić information content (AvgIpc) is 2.71. The largest absolute Gasteiger partial charge is 0.457 e. The zero-order chi connectivity index (χ0) is 19.9. The molecule has 3 aromatic carbocycles. The highest BCUT2D eigenvalue weighted by molar-refractivity contribution is 6.31. The molecule has 0 aromatic heterocycles. The molecular weight excluding hydrogens is 378 g/mol. The summed E-state index contributed by atoms with van der Waals surface area (Å²) in [4.78, 5) is 0. The van der Waals surface area contributed by atoms with E-state index < -0.39 is 17.6 Å². The van der Waals surface area contributed by atoms with E-state index in [0.29, 0.717) is 27.6 Å². The molecule has 0 saturated heterocycles. The Bertz CT molecular complexity index is 983. The van der Waals surface area contributed by atoms with Gasteiger partial charge in [0.1, 0.15) is 23.2 Å². The summed E-state index contributed by atoms with van der Waals surface area (Å²) in [6, 6.07) is 23.0. The highest BCUT2D eigenvalue weighted by Gasteiger charge is 2.20. The Morgan fingerprint density at radius 3 is 2.32 bits per heavy atom. The number of benzene rings is 3. The number of hydrogen-bond acceptors (Lipinski definition) is 1. The van der Waals surface area contributed by atoms with Crippen molar-refractivity contribution in [1.29, 1.82) is 0 Å². The Balaban J connectivity index is 1.81. The molecule has 0 radical (unpaired) electrons. The Morgan fingerprint density at radius 2 is 1.61 bits per heavy atom.